The zero-order valence-electron chi connectivity index (χ0n) is 13.0. The number of hydrogen-bond acceptors (Lipinski definition) is 3. The van der Waals surface area contributed by atoms with Crippen LogP contribution in [-0.4, -0.2) is 29.0 Å². The number of halogens is 1. The molecule has 0 unspecified atom stereocenters. The molecule has 0 fully saturated rings. The summed E-state index contributed by atoms with van der Waals surface area (Å²) in [5.74, 6) is -0.408. The van der Waals surface area contributed by atoms with E-state index in [-0.39, 0.29) is 17.6 Å². The van der Waals surface area contributed by atoms with Crippen LogP contribution in [0.4, 0.5) is 0 Å². The Hall–Kier alpha value is -2.27. The first-order valence-electron chi connectivity index (χ1n) is 7.82. The molecule has 0 spiro atoms. The summed E-state index contributed by atoms with van der Waals surface area (Å²) in [4.78, 5) is 37.8. The molecule has 0 saturated heterocycles. The van der Waals surface area contributed by atoms with Gasteiger partial charge in [0.05, 0.1) is 11.1 Å². The minimum absolute atomic E-state index is 0.0739. The molecule has 3 rings (SSSR count). The monoisotopic (exact) mass is 385 g/mol. The first-order chi connectivity index (χ1) is 11.6. The van der Waals surface area contributed by atoms with Gasteiger partial charge in [0, 0.05) is 23.0 Å². The van der Waals surface area contributed by atoms with Crippen LogP contribution < -0.4 is 0 Å². The molecule has 1 aliphatic heterocycles. The molecule has 0 aliphatic carbocycles. The number of carbonyl (C=O) groups excluding carboxylic acids is 3. The third-order valence-electron chi connectivity index (χ3n) is 4.08. The van der Waals surface area contributed by atoms with Gasteiger partial charge in [0.15, 0.2) is 5.78 Å². The summed E-state index contributed by atoms with van der Waals surface area (Å²) in [7, 11) is 0. The van der Waals surface area contributed by atoms with Gasteiger partial charge in [-0.1, -0.05) is 40.2 Å². The normalized spacial score (nSPS) is 13.3. The Bertz CT molecular complexity index is 764. The molecule has 24 heavy (non-hydrogen) atoms. The van der Waals surface area contributed by atoms with Gasteiger partial charge in [-0.15, -0.1) is 0 Å². The number of benzene rings is 2. The van der Waals surface area contributed by atoms with Crippen LogP contribution in [0, 0.1) is 0 Å². The van der Waals surface area contributed by atoms with Gasteiger partial charge in [-0.3, -0.25) is 19.3 Å². The van der Waals surface area contributed by atoms with Crippen molar-refractivity contribution < 1.29 is 14.4 Å². The number of carbonyl (C=O) groups is 3. The topological polar surface area (TPSA) is 54.5 Å². The SMILES string of the molecule is O=C(CCCCN1C(=O)c2ccccc2C1=O)c1ccc(Br)cc1. The molecule has 122 valence electrons. The summed E-state index contributed by atoms with van der Waals surface area (Å²) in [6.45, 7) is 0.347. The number of imide groups is 1. The average Bonchev–Trinajstić information content (AvgIpc) is 2.84. The number of ketones is 1. The van der Waals surface area contributed by atoms with Crippen LogP contribution in [0.5, 0.6) is 0 Å². The molecule has 2 aromatic rings. The maximum Gasteiger partial charge on any atom is 0.261 e. The lowest BCUT2D eigenvalue weighted by atomic mass is 10.1. The standard InChI is InChI=1S/C19H16BrNO3/c20-14-10-8-13(9-11-14)17(22)7-3-4-12-21-18(23)15-5-1-2-6-16(15)19(21)24/h1-2,5-6,8-11H,3-4,7,12H2. The number of hydrogen-bond donors (Lipinski definition) is 0. The van der Waals surface area contributed by atoms with Gasteiger partial charge < -0.3 is 0 Å². The number of amides is 2. The lowest BCUT2D eigenvalue weighted by Gasteiger charge is -2.13. The lowest BCUT2D eigenvalue weighted by molar-refractivity contribution is 0.0652. The highest BCUT2D eigenvalue weighted by atomic mass is 79.9. The molecule has 0 bridgehead atoms. The van der Waals surface area contributed by atoms with Crippen LogP contribution in [0.2, 0.25) is 0 Å². The van der Waals surface area contributed by atoms with Gasteiger partial charge in [-0.2, -0.15) is 0 Å². The van der Waals surface area contributed by atoms with Crippen molar-refractivity contribution >= 4 is 33.5 Å². The molecular formula is C19H16BrNO3. The van der Waals surface area contributed by atoms with E-state index in [0.717, 1.165) is 4.47 Å². The number of unbranched alkanes of at least 4 members (excludes halogenated alkanes) is 1. The summed E-state index contributed by atoms with van der Waals surface area (Å²) in [5.41, 5.74) is 1.61. The Morgan fingerprint density at radius 1 is 0.875 bits per heavy atom. The van der Waals surface area contributed by atoms with Gasteiger partial charge in [0.25, 0.3) is 11.8 Å². The van der Waals surface area contributed by atoms with Crippen LogP contribution >= 0.6 is 15.9 Å². The lowest BCUT2D eigenvalue weighted by Crippen LogP contribution is -2.30. The maximum atomic E-state index is 12.2. The highest BCUT2D eigenvalue weighted by Gasteiger charge is 2.34. The van der Waals surface area contributed by atoms with Gasteiger partial charge >= 0.3 is 0 Å². The minimum atomic E-state index is -0.241. The van der Waals surface area contributed by atoms with Crippen molar-refractivity contribution in [1.29, 1.82) is 0 Å². The van der Waals surface area contributed by atoms with E-state index in [9.17, 15) is 14.4 Å². The van der Waals surface area contributed by atoms with E-state index >= 15 is 0 Å². The predicted octanol–water partition coefficient (Wildman–Crippen LogP) is 4.10. The highest BCUT2D eigenvalue weighted by Crippen LogP contribution is 2.23. The second-order valence-electron chi connectivity index (χ2n) is 5.69. The molecule has 2 amide bonds. The Labute approximate surface area is 148 Å². The number of nitrogens with zero attached hydrogens (tertiary/aromatic N) is 1. The third-order valence-corrected chi connectivity index (χ3v) is 4.61. The molecule has 0 atom stereocenters. The fraction of sp³-hybridized carbons (Fsp3) is 0.211. The average molecular weight is 386 g/mol. The quantitative estimate of drug-likeness (QED) is 0.427. The summed E-state index contributed by atoms with van der Waals surface area (Å²) in [6, 6.07) is 14.1. The van der Waals surface area contributed by atoms with Crippen molar-refractivity contribution in [3.8, 4) is 0 Å². The van der Waals surface area contributed by atoms with Crippen LogP contribution in [0.25, 0.3) is 0 Å². The Morgan fingerprint density at radius 3 is 2.04 bits per heavy atom. The van der Waals surface area contributed by atoms with Crippen molar-refractivity contribution in [2.24, 2.45) is 0 Å². The number of rotatable bonds is 6. The molecule has 0 N–H and O–H groups in total. The van der Waals surface area contributed by atoms with Crippen molar-refractivity contribution in [3.05, 3.63) is 69.7 Å². The van der Waals surface area contributed by atoms with Crippen LogP contribution in [-0.2, 0) is 0 Å². The summed E-state index contributed by atoms with van der Waals surface area (Å²) >= 11 is 3.34. The summed E-state index contributed by atoms with van der Waals surface area (Å²) in [6.07, 6.45) is 1.67. The summed E-state index contributed by atoms with van der Waals surface area (Å²) in [5, 5.41) is 0. The highest BCUT2D eigenvalue weighted by molar-refractivity contribution is 9.10. The first kappa shape index (κ1) is 16.6. The molecule has 5 heteroatoms. The molecule has 2 aromatic carbocycles. The van der Waals surface area contributed by atoms with Crippen molar-refractivity contribution in [2.45, 2.75) is 19.3 Å². The van der Waals surface area contributed by atoms with E-state index in [0.29, 0.717) is 42.5 Å². The molecule has 0 radical (unpaired) electrons. The fourth-order valence-electron chi connectivity index (χ4n) is 2.78. The second kappa shape index (κ2) is 7.09. The minimum Gasteiger partial charge on any atom is -0.294 e. The van der Waals surface area contributed by atoms with Gasteiger partial charge in [-0.05, 0) is 37.1 Å². The Morgan fingerprint density at radius 2 is 1.46 bits per heavy atom. The van der Waals surface area contributed by atoms with Crippen LogP contribution in [0.3, 0.4) is 0 Å². The fourth-order valence-corrected chi connectivity index (χ4v) is 3.04. The molecule has 0 saturated carbocycles. The first-order valence-corrected chi connectivity index (χ1v) is 8.61. The van der Waals surface area contributed by atoms with Crippen molar-refractivity contribution in [2.75, 3.05) is 6.54 Å². The third kappa shape index (κ3) is 3.31. The Balaban J connectivity index is 1.51. The van der Waals surface area contributed by atoms with E-state index in [1.165, 1.54) is 4.90 Å². The Kier molecular flexibility index (Phi) is 4.90. The van der Waals surface area contributed by atoms with E-state index < -0.39 is 0 Å². The number of fused-ring (bicyclic) bond motifs is 1. The molecule has 0 aromatic heterocycles. The van der Waals surface area contributed by atoms with E-state index in [1.54, 1.807) is 36.4 Å². The second-order valence-corrected chi connectivity index (χ2v) is 6.61. The smallest absolute Gasteiger partial charge is 0.261 e. The zero-order valence-corrected chi connectivity index (χ0v) is 14.6. The maximum absolute atomic E-state index is 12.2. The summed E-state index contributed by atoms with van der Waals surface area (Å²) < 4.78 is 0.935. The van der Waals surface area contributed by atoms with Crippen molar-refractivity contribution in [1.82, 2.24) is 4.90 Å². The van der Waals surface area contributed by atoms with Gasteiger partial charge in [0.1, 0.15) is 0 Å². The van der Waals surface area contributed by atoms with E-state index in [4.69, 9.17) is 0 Å². The van der Waals surface area contributed by atoms with Gasteiger partial charge in [-0.25, -0.2) is 0 Å². The zero-order chi connectivity index (χ0) is 17.1. The molecule has 4 nitrogen and oxygen atoms in total. The molecular weight excluding hydrogens is 370 g/mol. The predicted molar refractivity (Wildman–Crippen MR) is 94.1 cm³/mol. The molecule has 1 heterocycles. The van der Waals surface area contributed by atoms with E-state index in [2.05, 4.69) is 15.9 Å². The van der Waals surface area contributed by atoms with Crippen LogP contribution in [0.1, 0.15) is 50.3 Å². The largest absolute Gasteiger partial charge is 0.294 e. The van der Waals surface area contributed by atoms with Gasteiger partial charge in [0.2, 0.25) is 0 Å². The van der Waals surface area contributed by atoms with E-state index in [1.807, 2.05) is 12.1 Å². The number of Topliss-reactive ketones (excluding diaryl/α,β-unsaturated/α-hetero) is 1. The van der Waals surface area contributed by atoms with Crippen molar-refractivity contribution in [3.63, 3.8) is 0 Å². The van der Waals surface area contributed by atoms with Crippen LogP contribution in [0.15, 0.2) is 53.0 Å². The molecule has 1 aliphatic rings.